The number of anilines is 2. The van der Waals surface area contributed by atoms with Gasteiger partial charge >= 0.3 is 0 Å². The summed E-state index contributed by atoms with van der Waals surface area (Å²) in [5.41, 5.74) is 8.28. The topological polar surface area (TPSA) is 92.0 Å². The number of para-hydroxylation sites is 1. The van der Waals surface area contributed by atoms with Crippen LogP contribution in [0.2, 0.25) is 0 Å². The first-order valence-electron chi connectivity index (χ1n) is 10.6. The van der Waals surface area contributed by atoms with Gasteiger partial charge in [-0.05, 0) is 47.5 Å². The van der Waals surface area contributed by atoms with Crippen LogP contribution in [0.25, 0.3) is 12.2 Å². The summed E-state index contributed by atoms with van der Waals surface area (Å²) < 4.78 is 36.0. The number of rotatable bonds is 10. The van der Waals surface area contributed by atoms with Gasteiger partial charge in [-0.3, -0.25) is 4.79 Å². The SMILES string of the molecule is COc1cc(C=Cc2cc(F)c(OC)c(NC=CC(=O)c3ccccc3N)c2)cc(OC)c1OC. The van der Waals surface area contributed by atoms with E-state index >= 15 is 0 Å². The molecule has 0 aliphatic heterocycles. The predicted octanol–water partition coefficient (Wildman–Crippen LogP) is 5.42. The molecule has 0 heterocycles. The number of hydrogen-bond acceptors (Lipinski definition) is 7. The molecule has 0 aliphatic rings. The standard InChI is InChI=1S/C27H27FN2O5/c1-32-24-15-18(16-25(33-2)27(24)35-4)10-9-17-13-20(28)26(34-3)22(14-17)30-12-11-23(31)19-7-5-6-8-21(19)29/h5-16,30H,29H2,1-4H3. The van der Waals surface area contributed by atoms with Crippen LogP contribution in [-0.4, -0.2) is 34.2 Å². The van der Waals surface area contributed by atoms with E-state index in [2.05, 4.69) is 5.32 Å². The molecule has 7 nitrogen and oxygen atoms in total. The van der Waals surface area contributed by atoms with Crippen molar-refractivity contribution in [3.63, 3.8) is 0 Å². The number of halogens is 1. The van der Waals surface area contributed by atoms with E-state index in [1.165, 1.54) is 46.8 Å². The Kier molecular flexibility index (Phi) is 8.34. The summed E-state index contributed by atoms with van der Waals surface area (Å²) in [5, 5.41) is 2.92. The summed E-state index contributed by atoms with van der Waals surface area (Å²) >= 11 is 0. The Morgan fingerprint density at radius 1 is 0.857 bits per heavy atom. The molecule has 3 rings (SSSR count). The minimum atomic E-state index is -0.561. The Bertz CT molecular complexity index is 1250. The maximum Gasteiger partial charge on any atom is 0.203 e. The highest BCUT2D eigenvalue weighted by atomic mass is 19.1. The van der Waals surface area contributed by atoms with Gasteiger partial charge in [0.25, 0.3) is 0 Å². The molecule has 0 aliphatic carbocycles. The van der Waals surface area contributed by atoms with Gasteiger partial charge in [-0.25, -0.2) is 4.39 Å². The van der Waals surface area contributed by atoms with Crippen molar-refractivity contribution in [1.82, 2.24) is 0 Å². The average molecular weight is 479 g/mol. The summed E-state index contributed by atoms with van der Waals surface area (Å²) in [6, 6.07) is 13.4. The Morgan fingerprint density at radius 3 is 2.03 bits per heavy atom. The lowest BCUT2D eigenvalue weighted by Crippen LogP contribution is -2.02. The minimum Gasteiger partial charge on any atom is -0.493 e. The van der Waals surface area contributed by atoms with Crippen LogP contribution >= 0.6 is 0 Å². The predicted molar refractivity (Wildman–Crippen MR) is 136 cm³/mol. The second-order valence-electron chi connectivity index (χ2n) is 7.30. The molecule has 3 aromatic carbocycles. The molecular formula is C27H27FN2O5. The molecule has 182 valence electrons. The maximum atomic E-state index is 14.7. The quantitative estimate of drug-likeness (QED) is 0.174. The third kappa shape index (κ3) is 5.92. The zero-order valence-electron chi connectivity index (χ0n) is 19.9. The van der Waals surface area contributed by atoms with E-state index in [4.69, 9.17) is 24.7 Å². The smallest absolute Gasteiger partial charge is 0.203 e. The van der Waals surface area contributed by atoms with Crippen molar-refractivity contribution < 1.29 is 28.1 Å². The lowest BCUT2D eigenvalue weighted by molar-refractivity contribution is 0.104. The molecule has 0 unspecified atom stereocenters. The first-order chi connectivity index (χ1) is 16.9. The summed E-state index contributed by atoms with van der Waals surface area (Å²) in [5.74, 6) is 0.661. The molecular weight excluding hydrogens is 451 g/mol. The van der Waals surface area contributed by atoms with E-state index < -0.39 is 5.82 Å². The zero-order chi connectivity index (χ0) is 25.4. The highest BCUT2D eigenvalue weighted by molar-refractivity contribution is 6.08. The fraction of sp³-hybridized carbons (Fsp3) is 0.148. The number of nitrogens with two attached hydrogens (primary N) is 1. The van der Waals surface area contributed by atoms with Crippen molar-refractivity contribution in [3.05, 3.63) is 83.3 Å². The third-order valence-corrected chi connectivity index (χ3v) is 5.13. The van der Waals surface area contributed by atoms with Crippen LogP contribution in [-0.2, 0) is 0 Å². The molecule has 0 amide bonds. The van der Waals surface area contributed by atoms with E-state index in [0.717, 1.165) is 5.56 Å². The van der Waals surface area contributed by atoms with Crippen LogP contribution in [0.4, 0.5) is 15.8 Å². The number of nitrogen functional groups attached to an aromatic ring is 1. The number of ketones is 1. The summed E-state index contributed by atoms with van der Waals surface area (Å²) in [6.45, 7) is 0. The second-order valence-corrected chi connectivity index (χ2v) is 7.30. The van der Waals surface area contributed by atoms with Crippen molar-refractivity contribution in [2.24, 2.45) is 0 Å². The average Bonchev–Trinajstić information content (AvgIpc) is 2.86. The summed E-state index contributed by atoms with van der Waals surface area (Å²) in [4.78, 5) is 12.4. The summed E-state index contributed by atoms with van der Waals surface area (Å²) in [7, 11) is 5.97. The van der Waals surface area contributed by atoms with E-state index in [9.17, 15) is 9.18 Å². The lowest BCUT2D eigenvalue weighted by Gasteiger charge is -2.13. The normalized spacial score (nSPS) is 11.0. The van der Waals surface area contributed by atoms with Gasteiger partial charge in [0.2, 0.25) is 5.75 Å². The number of ether oxygens (including phenoxy) is 4. The van der Waals surface area contributed by atoms with Gasteiger partial charge < -0.3 is 30.0 Å². The zero-order valence-corrected chi connectivity index (χ0v) is 19.9. The van der Waals surface area contributed by atoms with Crippen molar-refractivity contribution in [2.75, 3.05) is 39.5 Å². The van der Waals surface area contributed by atoms with Gasteiger partial charge in [0.1, 0.15) is 0 Å². The number of carbonyl (C=O) groups is 1. The van der Waals surface area contributed by atoms with Gasteiger partial charge in [-0.1, -0.05) is 24.3 Å². The van der Waals surface area contributed by atoms with Gasteiger partial charge in [0.05, 0.1) is 34.1 Å². The second kappa shape index (κ2) is 11.6. The van der Waals surface area contributed by atoms with Crippen LogP contribution < -0.4 is 30.0 Å². The Labute approximate surface area is 203 Å². The molecule has 0 spiro atoms. The van der Waals surface area contributed by atoms with Gasteiger partial charge in [0.15, 0.2) is 28.8 Å². The van der Waals surface area contributed by atoms with E-state index in [-0.39, 0.29) is 11.5 Å². The van der Waals surface area contributed by atoms with Crippen LogP contribution in [0.15, 0.2) is 60.8 Å². The number of carbonyl (C=O) groups excluding carboxylic acids is 1. The molecule has 0 radical (unpaired) electrons. The van der Waals surface area contributed by atoms with Crippen LogP contribution in [0.3, 0.4) is 0 Å². The number of benzene rings is 3. The van der Waals surface area contributed by atoms with Crippen molar-refractivity contribution in [2.45, 2.75) is 0 Å². The maximum absolute atomic E-state index is 14.7. The Hall–Kier alpha value is -4.46. The van der Waals surface area contributed by atoms with Gasteiger partial charge in [-0.2, -0.15) is 0 Å². The number of hydrogen-bond donors (Lipinski definition) is 2. The number of nitrogens with one attached hydrogen (secondary N) is 1. The minimum absolute atomic E-state index is 0.0197. The number of allylic oxidation sites excluding steroid dienone is 1. The van der Waals surface area contributed by atoms with Crippen LogP contribution in [0.5, 0.6) is 23.0 Å². The molecule has 0 fully saturated rings. The van der Waals surface area contributed by atoms with E-state index in [1.54, 1.807) is 54.6 Å². The van der Waals surface area contributed by atoms with E-state index in [0.29, 0.717) is 39.8 Å². The molecule has 3 N–H and O–H groups in total. The molecule has 35 heavy (non-hydrogen) atoms. The Morgan fingerprint density at radius 2 is 1.46 bits per heavy atom. The fourth-order valence-electron chi connectivity index (χ4n) is 3.43. The van der Waals surface area contributed by atoms with Gasteiger partial charge in [0, 0.05) is 23.5 Å². The fourth-order valence-corrected chi connectivity index (χ4v) is 3.43. The van der Waals surface area contributed by atoms with Crippen LogP contribution in [0.1, 0.15) is 21.5 Å². The molecule has 0 atom stereocenters. The highest BCUT2D eigenvalue weighted by Crippen LogP contribution is 2.39. The van der Waals surface area contributed by atoms with Gasteiger partial charge in [-0.15, -0.1) is 0 Å². The van der Waals surface area contributed by atoms with Crippen molar-refractivity contribution >= 4 is 29.3 Å². The lowest BCUT2D eigenvalue weighted by atomic mass is 10.1. The molecule has 0 aromatic heterocycles. The van der Waals surface area contributed by atoms with Crippen molar-refractivity contribution in [3.8, 4) is 23.0 Å². The molecule has 0 bridgehead atoms. The van der Waals surface area contributed by atoms with Crippen molar-refractivity contribution in [1.29, 1.82) is 0 Å². The van der Waals surface area contributed by atoms with E-state index in [1.807, 2.05) is 0 Å². The molecule has 3 aromatic rings. The Balaban J connectivity index is 1.86. The third-order valence-electron chi connectivity index (χ3n) is 5.13. The molecule has 8 heteroatoms. The van der Waals surface area contributed by atoms with Crippen LogP contribution in [0, 0.1) is 5.82 Å². The monoisotopic (exact) mass is 478 g/mol. The molecule has 0 saturated heterocycles. The highest BCUT2D eigenvalue weighted by Gasteiger charge is 2.13. The summed E-state index contributed by atoms with van der Waals surface area (Å²) in [6.07, 6.45) is 6.25. The first kappa shape index (κ1) is 25.2. The molecule has 0 saturated carbocycles. The first-order valence-corrected chi connectivity index (χ1v) is 10.6. The largest absolute Gasteiger partial charge is 0.493 e. The number of methoxy groups -OCH3 is 4.